The van der Waals surface area contributed by atoms with E-state index in [0.717, 1.165) is 24.2 Å². The van der Waals surface area contributed by atoms with Crippen molar-refractivity contribution in [2.24, 2.45) is 0 Å². The average Bonchev–Trinajstić information content (AvgIpc) is 2.79. The quantitative estimate of drug-likeness (QED) is 0.225. The average molecular weight is 429 g/mol. The Balaban J connectivity index is 2.06. The number of benzene rings is 3. The Hall–Kier alpha value is -2.74. The molecule has 0 bridgehead atoms. The molecule has 0 spiro atoms. The maximum atomic E-state index is 6.16. The van der Waals surface area contributed by atoms with Gasteiger partial charge in [-0.3, -0.25) is 0 Å². The van der Waals surface area contributed by atoms with Gasteiger partial charge in [0.05, 0.1) is 0 Å². The zero-order chi connectivity index (χ0) is 22.8. The van der Waals surface area contributed by atoms with Crippen molar-refractivity contribution in [3.63, 3.8) is 0 Å². The van der Waals surface area contributed by atoms with Crippen LogP contribution >= 0.6 is 0 Å². The number of anilines is 2. The fraction of sp³-hybridized carbons (Fsp3) is 0.400. The molecule has 0 amide bonds. The minimum absolute atomic E-state index is 0.823. The van der Waals surface area contributed by atoms with Crippen molar-refractivity contribution in [1.29, 1.82) is 0 Å². The van der Waals surface area contributed by atoms with Crippen LogP contribution in [0.5, 0.6) is 0 Å². The van der Waals surface area contributed by atoms with Crippen molar-refractivity contribution in [2.45, 2.75) is 78.1 Å². The van der Waals surface area contributed by atoms with E-state index in [1.165, 1.54) is 84.7 Å². The van der Waals surface area contributed by atoms with E-state index < -0.39 is 0 Å². The van der Waals surface area contributed by atoms with Crippen molar-refractivity contribution >= 4 is 11.4 Å². The van der Waals surface area contributed by atoms with Gasteiger partial charge in [-0.25, -0.2) is 0 Å². The number of unbranched alkanes of at least 4 members (excludes halogenated alkanes) is 6. The van der Waals surface area contributed by atoms with Gasteiger partial charge >= 0.3 is 0 Å². The number of nitrogens with two attached hydrogens (primary N) is 2. The summed E-state index contributed by atoms with van der Waals surface area (Å²) < 4.78 is 0. The van der Waals surface area contributed by atoms with Gasteiger partial charge in [0.1, 0.15) is 0 Å². The summed E-state index contributed by atoms with van der Waals surface area (Å²) in [5, 5.41) is 0. The van der Waals surface area contributed by atoms with Crippen LogP contribution in [0.25, 0.3) is 22.3 Å². The zero-order valence-electron chi connectivity index (χ0n) is 20.0. The number of hydrogen-bond acceptors (Lipinski definition) is 2. The molecule has 0 heterocycles. The van der Waals surface area contributed by atoms with Crippen LogP contribution in [-0.2, 0) is 12.8 Å². The third-order valence-electron chi connectivity index (χ3n) is 6.32. The zero-order valence-corrected chi connectivity index (χ0v) is 20.0. The highest BCUT2D eigenvalue weighted by atomic mass is 14.5. The minimum Gasteiger partial charge on any atom is -0.399 e. The van der Waals surface area contributed by atoms with E-state index in [9.17, 15) is 0 Å². The van der Waals surface area contributed by atoms with E-state index in [1.54, 1.807) is 0 Å². The van der Waals surface area contributed by atoms with E-state index in [-0.39, 0.29) is 0 Å². The molecule has 0 fully saturated rings. The Morgan fingerprint density at radius 1 is 0.531 bits per heavy atom. The number of rotatable bonds is 12. The Bertz CT molecular complexity index is 909. The summed E-state index contributed by atoms with van der Waals surface area (Å²) in [6.07, 6.45) is 12.3. The van der Waals surface area contributed by atoms with E-state index >= 15 is 0 Å². The molecule has 0 atom stereocenters. The number of hydrogen-bond donors (Lipinski definition) is 2. The lowest BCUT2D eigenvalue weighted by molar-refractivity contribution is 0.664. The molecule has 2 nitrogen and oxygen atoms in total. The predicted molar refractivity (Wildman–Crippen MR) is 142 cm³/mol. The van der Waals surface area contributed by atoms with E-state index in [4.69, 9.17) is 11.5 Å². The Morgan fingerprint density at radius 3 is 1.34 bits per heavy atom. The maximum absolute atomic E-state index is 6.16. The van der Waals surface area contributed by atoms with Gasteiger partial charge in [-0.05, 0) is 83.3 Å². The molecule has 4 N–H and O–H groups in total. The topological polar surface area (TPSA) is 52.0 Å². The van der Waals surface area contributed by atoms with Crippen molar-refractivity contribution in [3.8, 4) is 22.3 Å². The Kier molecular flexibility index (Phi) is 9.22. The molecule has 0 aliphatic heterocycles. The second-order valence-electron chi connectivity index (χ2n) is 9.04. The summed E-state index contributed by atoms with van der Waals surface area (Å²) in [6, 6.07) is 21.6. The summed E-state index contributed by atoms with van der Waals surface area (Å²) in [4.78, 5) is 0. The monoisotopic (exact) mass is 428 g/mol. The normalized spacial score (nSPS) is 11.1. The van der Waals surface area contributed by atoms with Crippen LogP contribution in [0.15, 0.2) is 60.7 Å². The van der Waals surface area contributed by atoms with Gasteiger partial charge in [0, 0.05) is 11.4 Å². The fourth-order valence-corrected chi connectivity index (χ4v) is 4.54. The van der Waals surface area contributed by atoms with Crippen LogP contribution in [0.4, 0.5) is 11.4 Å². The molecule has 3 aromatic carbocycles. The smallest absolute Gasteiger partial charge is 0.0320 e. The van der Waals surface area contributed by atoms with Crippen LogP contribution in [0.1, 0.15) is 76.3 Å². The first-order chi connectivity index (χ1) is 15.6. The third kappa shape index (κ3) is 6.63. The Morgan fingerprint density at radius 2 is 0.969 bits per heavy atom. The van der Waals surface area contributed by atoms with Crippen molar-refractivity contribution < 1.29 is 0 Å². The molecular formula is C30H40N2. The summed E-state index contributed by atoms with van der Waals surface area (Å²) in [6.45, 7) is 4.53. The highest BCUT2D eigenvalue weighted by molar-refractivity contribution is 5.79. The van der Waals surface area contributed by atoms with Crippen LogP contribution in [0.2, 0.25) is 0 Å². The van der Waals surface area contributed by atoms with Gasteiger partial charge in [-0.1, -0.05) is 88.8 Å². The van der Waals surface area contributed by atoms with Crippen LogP contribution < -0.4 is 11.5 Å². The molecule has 0 aromatic heterocycles. The third-order valence-corrected chi connectivity index (χ3v) is 6.32. The van der Waals surface area contributed by atoms with Crippen molar-refractivity contribution in [3.05, 3.63) is 71.8 Å². The minimum atomic E-state index is 0.823. The molecule has 3 rings (SSSR count). The van der Waals surface area contributed by atoms with Gasteiger partial charge < -0.3 is 11.5 Å². The van der Waals surface area contributed by atoms with Crippen LogP contribution in [0, 0.1) is 0 Å². The van der Waals surface area contributed by atoms with Gasteiger partial charge in [-0.15, -0.1) is 0 Å². The molecule has 0 saturated heterocycles. The molecular weight excluding hydrogens is 388 g/mol. The summed E-state index contributed by atoms with van der Waals surface area (Å²) in [5.74, 6) is 0. The molecule has 32 heavy (non-hydrogen) atoms. The first-order valence-corrected chi connectivity index (χ1v) is 12.5. The second kappa shape index (κ2) is 12.3. The molecule has 0 saturated carbocycles. The fourth-order valence-electron chi connectivity index (χ4n) is 4.54. The molecule has 3 aromatic rings. The van der Waals surface area contributed by atoms with E-state index in [1.807, 2.05) is 12.1 Å². The standard InChI is InChI=1S/C30H40N2/c1-3-5-7-9-13-25-21-30(24-16-12-18-28(32)20-24)26(14-10-8-6-4-2)22-29(25)23-15-11-17-27(31)19-23/h11-12,15-22H,3-10,13-14,31-32H2,1-2H3. The first kappa shape index (κ1) is 23.9. The summed E-state index contributed by atoms with van der Waals surface area (Å²) in [5.41, 5.74) is 21.9. The van der Waals surface area contributed by atoms with Crippen LogP contribution in [-0.4, -0.2) is 0 Å². The number of nitrogen functional groups attached to an aromatic ring is 2. The maximum Gasteiger partial charge on any atom is 0.0320 e. The summed E-state index contributed by atoms with van der Waals surface area (Å²) >= 11 is 0. The van der Waals surface area contributed by atoms with Gasteiger partial charge in [0.25, 0.3) is 0 Å². The SMILES string of the molecule is CCCCCCc1cc(-c2cccc(N)c2)c(CCCCCC)cc1-c1cccc(N)c1. The second-order valence-corrected chi connectivity index (χ2v) is 9.04. The molecule has 0 aliphatic carbocycles. The van der Waals surface area contributed by atoms with Crippen LogP contribution in [0.3, 0.4) is 0 Å². The molecule has 0 radical (unpaired) electrons. The number of aryl methyl sites for hydroxylation is 2. The summed E-state index contributed by atoms with van der Waals surface area (Å²) in [7, 11) is 0. The van der Waals surface area contributed by atoms with Gasteiger partial charge in [0.15, 0.2) is 0 Å². The highest BCUT2D eigenvalue weighted by Crippen LogP contribution is 2.35. The molecule has 170 valence electrons. The van der Waals surface area contributed by atoms with E-state index in [0.29, 0.717) is 0 Å². The van der Waals surface area contributed by atoms with Gasteiger partial charge in [-0.2, -0.15) is 0 Å². The van der Waals surface area contributed by atoms with Gasteiger partial charge in [0.2, 0.25) is 0 Å². The van der Waals surface area contributed by atoms with E-state index in [2.05, 4.69) is 62.4 Å². The largest absolute Gasteiger partial charge is 0.399 e. The highest BCUT2D eigenvalue weighted by Gasteiger charge is 2.14. The lowest BCUT2D eigenvalue weighted by atomic mass is 9.86. The molecule has 0 unspecified atom stereocenters. The first-order valence-electron chi connectivity index (χ1n) is 12.5. The lowest BCUT2D eigenvalue weighted by Crippen LogP contribution is -1.99. The van der Waals surface area contributed by atoms with Crippen molar-refractivity contribution in [1.82, 2.24) is 0 Å². The Labute approximate surface area is 195 Å². The lowest BCUT2D eigenvalue weighted by Gasteiger charge is -2.18. The molecule has 0 aliphatic rings. The predicted octanol–water partition coefficient (Wildman–Crippen LogP) is 8.43. The molecule has 2 heteroatoms. The van der Waals surface area contributed by atoms with Crippen molar-refractivity contribution in [2.75, 3.05) is 11.5 Å².